The van der Waals surface area contributed by atoms with Gasteiger partial charge in [0.25, 0.3) is 0 Å². The van der Waals surface area contributed by atoms with Crippen LogP contribution < -0.4 is 5.32 Å². The lowest BCUT2D eigenvalue weighted by Gasteiger charge is -2.32. The minimum absolute atomic E-state index is 0.216. The maximum absolute atomic E-state index is 12.5. The first-order valence-corrected chi connectivity index (χ1v) is 10.4. The van der Waals surface area contributed by atoms with E-state index >= 15 is 0 Å². The molecule has 1 saturated heterocycles. The summed E-state index contributed by atoms with van der Waals surface area (Å²) in [5.41, 5.74) is 1.96. The Morgan fingerprint density at radius 1 is 1.26 bits per heavy atom. The molecule has 1 aromatic carbocycles. The van der Waals surface area contributed by atoms with Crippen LogP contribution in [0.25, 0.3) is 0 Å². The van der Waals surface area contributed by atoms with Gasteiger partial charge < -0.3 is 15.0 Å². The second-order valence-corrected chi connectivity index (χ2v) is 9.19. The lowest BCUT2D eigenvalue weighted by molar-refractivity contribution is -0.132. The Balaban J connectivity index is 1.71. The van der Waals surface area contributed by atoms with Crippen LogP contribution in [-0.4, -0.2) is 42.1 Å². The normalized spacial score (nSPS) is 15.5. The molecule has 6 heteroatoms. The van der Waals surface area contributed by atoms with Gasteiger partial charge in [-0.2, -0.15) is 0 Å². The predicted molar refractivity (Wildman–Crippen MR) is 111 cm³/mol. The Bertz CT molecular complexity index is 662. The van der Waals surface area contributed by atoms with Crippen molar-refractivity contribution in [2.75, 3.05) is 19.6 Å². The zero-order valence-electron chi connectivity index (χ0n) is 16.8. The van der Waals surface area contributed by atoms with Crippen molar-refractivity contribution < 1.29 is 14.3 Å². The van der Waals surface area contributed by atoms with Crippen molar-refractivity contribution in [2.24, 2.45) is 5.92 Å². The van der Waals surface area contributed by atoms with Crippen LogP contribution in [-0.2, 0) is 16.0 Å². The van der Waals surface area contributed by atoms with Gasteiger partial charge in [-0.05, 0) is 76.1 Å². The van der Waals surface area contributed by atoms with Crippen molar-refractivity contribution in [3.63, 3.8) is 0 Å². The molecule has 0 saturated carbocycles. The van der Waals surface area contributed by atoms with Crippen LogP contribution in [0.2, 0.25) is 0 Å². The Morgan fingerprint density at radius 3 is 2.56 bits per heavy atom. The monoisotopic (exact) mass is 438 g/mol. The van der Waals surface area contributed by atoms with Gasteiger partial charge in [-0.25, -0.2) is 4.79 Å². The van der Waals surface area contributed by atoms with Gasteiger partial charge in [0.1, 0.15) is 5.60 Å². The molecular formula is C21H31BrN2O3. The highest BCUT2D eigenvalue weighted by Crippen LogP contribution is 2.20. The molecule has 1 fully saturated rings. The van der Waals surface area contributed by atoms with E-state index in [2.05, 4.69) is 40.3 Å². The SMILES string of the molecule is Cc1ccc(Br)cc1CCC(=O)N1CCC(CNC(=O)OC(C)(C)C)CC1. The third kappa shape index (κ3) is 7.53. The molecule has 0 spiro atoms. The first-order valence-electron chi connectivity index (χ1n) is 9.63. The Labute approximate surface area is 171 Å². The van der Waals surface area contributed by atoms with E-state index in [-0.39, 0.29) is 12.0 Å². The third-order valence-electron chi connectivity index (χ3n) is 4.82. The molecule has 0 unspecified atom stereocenters. The lowest BCUT2D eigenvalue weighted by Crippen LogP contribution is -2.42. The summed E-state index contributed by atoms with van der Waals surface area (Å²) in [6.07, 6.45) is 2.77. The van der Waals surface area contributed by atoms with Gasteiger partial charge in [0.05, 0.1) is 0 Å². The van der Waals surface area contributed by atoms with Gasteiger partial charge >= 0.3 is 6.09 Å². The number of carbonyl (C=O) groups is 2. The molecule has 1 aromatic rings. The number of aryl methyl sites for hydroxylation is 2. The topological polar surface area (TPSA) is 58.6 Å². The predicted octanol–water partition coefficient (Wildman–Crippen LogP) is 4.45. The van der Waals surface area contributed by atoms with E-state index in [4.69, 9.17) is 4.74 Å². The maximum Gasteiger partial charge on any atom is 0.407 e. The number of hydrogen-bond acceptors (Lipinski definition) is 3. The number of nitrogens with one attached hydrogen (secondary N) is 1. The Morgan fingerprint density at radius 2 is 1.93 bits per heavy atom. The van der Waals surface area contributed by atoms with Crippen molar-refractivity contribution in [1.82, 2.24) is 10.2 Å². The van der Waals surface area contributed by atoms with Crippen LogP contribution in [0.1, 0.15) is 51.2 Å². The molecule has 27 heavy (non-hydrogen) atoms. The first-order chi connectivity index (χ1) is 12.6. The Kier molecular flexibility index (Phi) is 7.71. The fourth-order valence-corrected chi connectivity index (χ4v) is 3.65. The number of rotatable bonds is 5. The molecule has 150 valence electrons. The summed E-state index contributed by atoms with van der Waals surface area (Å²) in [7, 11) is 0. The van der Waals surface area contributed by atoms with E-state index in [0.717, 1.165) is 36.8 Å². The van der Waals surface area contributed by atoms with E-state index < -0.39 is 5.60 Å². The van der Waals surface area contributed by atoms with Crippen molar-refractivity contribution in [3.05, 3.63) is 33.8 Å². The van der Waals surface area contributed by atoms with Crippen LogP contribution in [0.5, 0.6) is 0 Å². The summed E-state index contributed by atoms with van der Waals surface area (Å²) < 4.78 is 6.31. The van der Waals surface area contributed by atoms with E-state index in [9.17, 15) is 9.59 Å². The molecule has 1 N–H and O–H groups in total. The number of likely N-dealkylation sites (tertiary alicyclic amines) is 1. The standard InChI is InChI=1S/C21H31BrN2O3/c1-15-5-7-18(22)13-17(15)6-8-19(25)24-11-9-16(10-12-24)14-23-20(26)27-21(2,3)4/h5,7,13,16H,6,8-12,14H2,1-4H3,(H,23,26). The van der Waals surface area contributed by atoms with E-state index in [1.54, 1.807) is 0 Å². The minimum atomic E-state index is -0.480. The average Bonchev–Trinajstić information content (AvgIpc) is 2.59. The zero-order chi connectivity index (χ0) is 20.0. The molecule has 1 aliphatic heterocycles. The van der Waals surface area contributed by atoms with E-state index in [0.29, 0.717) is 18.9 Å². The number of hydrogen-bond donors (Lipinski definition) is 1. The summed E-state index contributed by atoms with van der Waals surface area (Å²) >= 11 is 3.49. The fraction of sp³-hybridized carbons (Fsp3) is 0.619. The molecular weight excluding hydrogens is 408 g/mol. The minimum Gasteiger partial charge on any atom is -0.444 e. The lowest BCUT2D eigenvalue weighted by atomic mass is 9.96. The summed E-state index contributed by atoms with van der Waals surface area (Å²) in [5, 5.41) is 2.84. The molecule has 1 heterocycles. The second kappa shape index (κ2) is 9.58. The zero-order valence-corrected chi connectivity index (χ0v) is 18.4. The molecule has 0 atom stereocenters. The molecule has 0 aromatic heterocycles. The number of ether oxygens (including phenoxy) is 1. The van der Waals surface area contributed by atoms with E-state index in [1.165, 1.54) is 11.1 Å². The highest BCUT2D eigenvalue weighted by Gasteiger charge is 2.24. The largest absolute Gasteiger partial charge is 0.444 e. The van der Waals surface area contributed by atoms with Gasteiger partial charge in [0.15, 0.2) is 0 Å². The molecule has 0 aliphatic carbocycles. The van der Waals surface area contributed by atoms with Crippen LogP contribution in [0, 0.1) is 12.8 Å². The van der Waals surface area contributed by atoms with Crippen molar-refractivity contribution >= 4 is 27.9 Å². The maximum atomic E-state index is 12.5. The molecule has 1 aliphatic rings. The van der Waals surface area contributed by atoms with Gasteiger partial charge in [-0.15, -0.1) is 0 Å². The summed E-state index contributed by atoms with van der Waals surface area (Å²) in [6, 6.07) is 6.20. The summed E-state index contributed by atoms with van der Waals surface area (Å²) in [4.78, 5) is 26.2. The number of benzene rings is 1. The second-order valence-electron chi connectivity index (χ2n) is 8.28. The van der Waals surface area contributed by atoms with Gasteiger partial charge in [-0.1, -0.05) is 22.0 Å². The van der Waals surface area contributed by atoms with Crippen LogP contribution in [0.15, 0.2) is 22.7 Å². The molecule has 2 amide bonds. The van der Waals surface area contributed by atoms with Gasteiger partial charge in [0, 0.05) is 30.5 Å². The highest BCUT2D eigenvalue weighted by molar-refractivity contribution is 9.10. The first kappa shape index (κ1) is 21.7. The number of alkyl carbamates (subject to hydrolysis) is 1. The van der Waals surface area contributed by atoms with Crippen LogP contribution >= 0.6 is 15.9 Å². The van der Waals surface area contributed by atoms with Crippen LogP contribution in [0.3, 0.4) is 0 Å². The Hall–Kier alpha value is -1.56. The van der Waals surface area contributed by atoms with Crippen LogP contribution in [0.4, 0.5) is 4.79 Å². The summed E-state index contributed by atoms with van der Waals surface area (Å²) in [6.45, 7) is 9.77. The van der Waals surface area contributed by atoms with Crippen molar-refractivity contribution in [2.45, 2.75) is 59.0 Å². The van der Waals surface area contributed by atoms with Gasteiger partial charge in [0.2, 0.25) is 5.91 Å². The quantitative estimate of drug-likeness (QED) is 0.738. The fourth-order valence-electron chi connectivity index (χ4n) is 3.24. The molecule has 2 rings (SSSR count). The molecule has 0 bridgehead atoms. The molecule has 0 radical (unpaired) electrons. The smallest absolute Gasteiger partial charge is 0.407 e. The number of amides is 2. The van der Waals surface area contributed by atoms with Crippen molar-refractivity contribution in [1.29, 1.82) is 0 Å². The summed E-state index contributed by atoms with van der Waals surface area (Å²) in [5.74, 6) is 0.613. The number of piperidine rings is 1. The molecule has 5 nitrogen and oxygen atoms in total. The van der Waals surface area contributed by atoms with Crippen molar-refractivity contribution in [3.8, 4) is 0 Å². The number of halogens is 1. The average molecular weight is 439 g/mol. The van der Waals surface area contributed by atoms with E-state index in [1.807, 2.05) is 31.7 Å². The number of nitrogens with zero attached hydrogens (tertiary/aromatic N) is 1. The highest BCUT2D eigenvalue weighted by atomic mass is 79.9. The van der Waals surface area contributed by atoms with Gasteiger partial charge in [-0.3, -0.25) is 4.79 Å². The number of carbonyl (C=O) groups excluding carboxylic acids is 2. The third-order valence-corrected chi connectivity index (χ3v) is 5.31.